The number of hydrogen-bond donors (Lipinski definition) is 0. The van der Waals surface area contributed by atoms with Gasteiger partial charge in [-0.3, -0.25) is 4.48 Å². The van der Waals surface area contributed by atoms with Gasteiger partial charge in [0.1, 0.15) is 5.69 Å². The lowest BCUT2D eigenvalue weighted by molar-refractivity contribution is -0.870. The molecule has 2 heteroatoms. The van der Waals surface area contributed by atoms with Crippen molar-refractivity contribution < 1.29 is 4.48 Å². The molecule has 0 heterocycles. The zero-order chi connectivity index (χ0) is 25.1. The van der Waals surface area contributed by atoms with Crippen LogP contribution < -0.4 is 4.48 Å². The first-order valence-electron chi connectivity index (χ1n) is 15.0. The van der Waals surface area contributed by atoms with Gasteiger partial charge in [-0.1, -0.05) is 121 Å². The number of nitrogens with zero attached hydrogens (tertiary/aromatic N) is 2. The van der Waals surface area contributed by atoms with Gasteiger partial charge in [0.15, 0.2) is 0 Å². The average molecular weight is 475 g/mol. The van der Waals surface area contributed by atoms with Crippen molar-refractivity contribution in [2.75, 3.05) is 41.8 Å². The Kier molecular flexibility index (Phi) is 16.9. The maximum Gasteiger partial charge on any atom is 0.132 e. The van der Waals surface area contributed by atoms with Crippen molar-refractivity contribution in [3.8, 4) is 0 Å². The number of rotatable bonds is 22. The van der Waals surface area contributed by atoms with Gasteiger partial charge >= 0.3 is 0 Å². The van der Waals surface area contributed by atoms with Gasteiger partial charge in [-0.25, -0.2) is 0 Å². The second kappa shape index (κ2) is 18.4. The fourth-order valence-electron chi connectivity index (χ4n) is 5.28. The summed E-state index contributed by atoms with van der Waals surface area (Å²) in [5.74, 6) is 0. The van der Waals surface area contributed by atoms with Gasteiger partial charge in [0.25, 0.3) is 0 Å². The highest BCUT2D eigenvalue weighted by Gasteiger charge is 2.31. The molecule has 198 valence electrons. The van der Waals surface area contributed by atoms with E-state index in [0.29, 0.717) is 6.04 Å². The Bertz CT molecular complexity index is 572. The quantitative estimate of drug-likeness (QED) is 0.116. The van der Waals surface area contributed by atoms with E-state index in [1.165, 1.54) is 128 Å². The molecule has 1 unspecified atom stereocenters. The van der Waals surface area contributed by atoms with Crippen LogP contribution in [0.15, 0.2) is 30.3 Å². The molecule has 1 atom stereocenters. The van der Waals surface area contributed by atoms with Crippen molar-refractivity contribution in [1.82, 2.24) is 4.48 Å². The largest absolute Gasteiger partial charge is 0.331 e. The Balaban J connectivity index is 2.15. The lowest BCUT2D eigenvalue weighted by Crippen LogP contribution is -2.52. The summed E-state index contributed by atoms with van der Waals surface area (Å²) in [6, 6.07) is 11.9. The number of benzene rings is 1. The minimum atomic E-state index is 0.700. The topological polar surface area (TPSA) is 0 Å². The first-order chi connectivity index (χ1) is 16.3. The van der Waals surface area contributed by atoms with E-state index in [1.54, 1.807) is 0 Å². The minimum absolute atomic E-state index is 0.700. The van der Waals surface area contributed by atoms with Crippen LogP contribution >= 0.6 is 0 Å². The van der Waals surface area contributed by atoms with Crippen molar-refractivity contribution in [3.05, 3.63) is 30.3 Å². The van der Waals surface area contributed by atoms with Crippen LogP contribution in [0.25, 0.3) is 0 Å². The smallest absolute Gasteiger partial charge is 0.132 e. The van der Waals surface area contributed by atoms with Crippen LogP contribution in [0.2, 0.25) is 0 Å². The Morgan fingerprint density at radius 3 is 1.35 bits per heavy atom. The van der Waals surface area contributed by atoms with E-state index in [0.717, 1.165) is 8.97 Å². The fourth-order valence-corrected chi connectivity index (χ4v) is 5.28. The third-order valence-electron chi connectivity index (χ3n) is 7.86. The lowest BCUT2D eigenvalue weighted by atomic mass is 9.99. The maximum absolute atomic E-state index is 2.42. The van der Waals surface area contributed by atoms with Gasteiger partial charge in [-0.15, -0.1) is 0 Å². The highest BCUT2D eigenvalue weighted by molar-refractivity contribution is 5.42. The number of unbranched alkanes of at least 4 members (excludes halogenated alkanes) is 15. The van der Waals surface area contributed by atoms with Crippen LogP contribution in [0.3, 0.4) is 0 Å². The second-order valence-electron chi connectivity index (χ2n) is 12.4. The molecule has 0 N–H and O–H groups in total. The van der Waals surface area contributed by atoms with Crippen LogP contribution in [-0.4, -0.2) is 52.3 Å². The monoisotopic (exact) mass is 474 g/mol. The van der Waals surface area contributed by atoms with E-state index in [1.807, 2.05) is 0 Å². The SMILES string of the molecule is CCCCCCCCCCCCCCCCCCC(CC[N+](C)(C)C)[N+](C)(C)c1ccccc1. The summed E-state index contributed by atoms with van der Waals surface area (Å²) >= 11 is 0. The third kappa shape index (κ3) is 15.2. The highest BCUT2D eigenvalue weighted by Crippen LogP contribution is 2.27. The molecule has 34 heavy (non-hydrogen) atoms. The Hall–Kier alpha value is -0.860. The lowest BCUT2D eigenvalue weighted by Gasteiger charge is -2.39. The average Bonchev–Trinajstić information content (AvgIpc) is 2.80. The molecular weight excluding hydrogens is 412 g/mol. The van der Waals surface area contributed by atoms with Crippen molar-refractivity contribution in [1.29, 1.82) is 0 Å². The minimum Gasteiger partial charge on any atom is -0.331 e. The fraction of sp³-hybridized carbons (Fsp3) is 0.812. The molecule has 0 aliphatic carbocycles. The summed E-state index contributed by atoms with van der Waals surface area (Å²) in [6.07, 6.45) is 25.8. The predicted molar refractivity (Wildman–Crippen MR) is 156 cm³/mol. The van der Waals surface area contributed by atoms with Gasteiger partial charge in [-0.2, -0.15) is 0 Å². The standard InChI is InChI=1S/C32H62N2/c1-7-8-9-10-11-12-13-14-15-16-17-18-19-20-21-23-28-32(29-30-33(2,3)4)34(5,6)31-26-24-22-25-27-31/h22,24-27,32H,7-21,23,28-30H2,1-6H3/q+2. The first-order valence-corrected chi connectivity index (χ1v) is 15.0. The summed E-state index contributed by atoms with van der Waals surface area (Å²) in [4.78, 5) is 0. The van der Waals surface area contributed by atoms with E-state index in [-0.39, 0.29) is 0 Å². The molecule has 0 aromatic heterocycles. The molecule has 0 saturated carbocycles. The third-order valence-corrected chi connectivity index (χ3v) is 7.86. The van der Waals surface area contributed by atoms with Crippen molar-refractivity contribution >= 4 is 5.69 Å². The molecule has 0 radical (unpaired) electrons. The van der Waals surface area contributed by atoms with E-state index in [9.17, 15) is 0 Å². The van der Waals surface area contributed by atoms with Crippen LogP contribution in [0.4, 0.5) is 5.69 Å². The molecule has 0 saturated heterocycles. The van der Waals surface area contributed by atoms with Crippen molar-refractivity contribution in [2.45, 2.75) is 129 Å². The summed E-state index contributed by atoms with van der Waals surface area (Å²) in [7, 11) is 11.8. The predicted octanol–water partition coefficient (Wildman–Crippen LogP) is 9.37. The number of quaternary nitrogens is 2. The Morgan fingerprint density at radius 2 is 0.941 bits per heavy atom. The number of para-hydroxylation sites is 1. The van der Waals surface area contributed by atoms with Gasteiger partial charge in [-0.05, 0) is 18.6 Å². The molecule has 0 fully saturated rings. The van der Waals surface area contributed by atoms with Crippen molar-refractivity contribution in [2.24, 2.45) is 0 Å². The molecule has 2 nitrogen and oxygen atoms in total. The second-order valence-corrected chi connectivity index (χ2v) is 12.4. The van der Waals surface area contributed by atoms with Crippen LogP contribution in [-0.2, 0) is 0 Å². The molecule has 0 spiro atoms. The molecule has 1 rings (SSSR count). The molecule has 0 aliphatic heterocycles. The molecule has 0 amide bonds. The van der Waals surface area contributed by atoms with Crippen molar-refractivity contribution in [3.63, 3.8) is 0 Å². The van der Waals surface area contributed by atoms with Crippen LogP contribution in [0.5, 0.6) is 0 Å². The molecular formula is C32H62N2+2. The highest BCUT2D eigenvalue weighted by atomic mass is 15.3. The van der Waals surface area contributed by atoms with E-state index in [4.69, 9.17) is 0 Å². The first kappa shape index (κ1) is 31.2. The van der Waals surface area contributed by atoms with E-state index < -0.39 is 0 Å². The summed E-state index contributed by atoms with van der Waals surface area (Å²) in [5.41, 5.74) is 1.45. The Morgan fingerprint density at radius 1 is 0.529 bits per heavy atom. The van der Waals surface area contributed by atoms with E-state index in [2.05, 4.69) is 72.5 Å². The summed E-state index contributed by atoms with van der Waals surface area (Å²) in [6.45, 7) is 3.55. The molecule has 0 aliphatic rings. The maximum atomic E-state index is 2.42. The van der Waals surface area contributed by atoms with Crippen LogP contribution in [0, 0.1) is 0 Å². The zero-order valence-electron chi connectivity index (χ0n) is 24.3. The van der Waals surface area contributed by atoms with Gasteiger partial charge in [0.05, 0.1) is 47.8 Å². The zero-order valence-corrected chi connectivity index (χ0v) is 24.3. The summed E-state index contributed by atoms with van der Waals surface area (Å²) < 4.78 is 2.07. The summed E-state index contributed by atoms with van der Waals surface area (Å²) in [5, 5.41) is 0. The van der Waals surface area contributed by atoms with Gasteiger partial charge in [0.2, 0.25) is 0 Å². The molecule has 1 aromatic rings. The number of hydrogen-bond acceptors (Lipinski definition) is 0. The normalized spacial score (nSPS) is 13.4. The Labute approximate surface area is 215 Å². The molecule has 1 aromatic carbocycles. The molecule has 0 bridgehead atoms. The van der Waals surface area contributed by atoms with Crippen LogP contribution in [0.1, 0.15) is 122 Å². The van der Waals surface area contributed by atoms with Gasteiger partial charge < -0.3 is 4.48 Å². The van der Waals surface area contributed by atoms with Gasteiger partial charge in [0, 0.05) is 12.8 Å². The van der Waals surface area contributed by atoms with E-state index >= 15 is 0 Å².